The summed E-state index contributed by atoms with van der Waals surface area (Å²) in [6.45, 7) is 0.351. The topological polar surface area (TPSA) is 44.4 Å². The monoisotopic (exact) mass is 267 g/mol. The quantitative estimate of drug-likeness (QED) is 0.859. The second kappa shape index (κ2) is 5.59. The first-order chi connectivity index (χ1) is 8.56. The fraction of sp³-hybridized carbons (Fsp3) is 0.462. The highest BCUT2D eigenvalue weighted by Crippen LogP contribution is 2.27. The average Bonchev–Trinajstić information content (AvgIpc) is 3.09. The first-order valence-corrected chi connectivity index (χ1v) is 6.44. The highest BCUT2D eigenvalue weighted by molar-refractivity contribution is 6.31. The summed E-state index contributed by atoms with van der Waals surface area (Å²) in [5.41, 5.74) is 1.69. The van der Waals surface area contributed by atoms with Crippen LogP contribution in [0.4, 0.5) is 11.4 Å². The Morgan fingerprint density at radius 1 is 1.44 bits per heavy atom. The van der Waals surface area contributed by atoms with E-state index in [0.29, 0.717) is 17.6 Å². The van der Waals surface area contributed by atoms with Gasteiger partial charge in [0.1, 0.15) is 0 Å². The van der Waals surface area contributed by atoms with Gasteiger partial charge in [0.05, 0.1) is 17.9 Å². The molecule has 1 aliphatic rings. The standard InChI is InChI=1S/C13H18ClN3O/c1-17(2)12-6-3-9(14)7-11(12)16-13(18)8-15-10-4-5-10/h3,6-7,10,15H,4-5,8H2,1-2H3,(H,16,18). The van der Waals surface area contributed by atoms with E-state index in [-0.39, 0.29) is 5.91 Å². The van der Waals surface area contributed by atoms with Gasteiger partial charge in [0.2, 0.25) is 5.91 Å². The number of carbonyl (C=O) groups is 1. The highest BCUT2D eigenvalue weighted by atomic mass is 35.5. The number of nitrogens with one attached hydrogen (secondary N) is 2. The molecule has 4 nitrogen and oxygen atoms in total. The van der Waals surface area contributed by atoms with Crippen molar-refractivity contribution in [1.82, 2.24) is 5.32 Å². The van der Waals surface area contributed by atoms with Gasteiger partial charge in [0.25, 0.3) is 0 Å². The lowest BCUT2D eigenvalue weighted by molar-refractivity contribution is -0.115. The number of rotatable bonds is 5. The zero-order valence-electron chi connectivity index (χ0n) is 10.7. The molecule has 0 atom stereocenters. The number of amides is 1. The predicted molar refractivity (Wildman–Crippen MR) is 75.4 cm³/mol. The van der Waals surface area contributed by atoms with Crippen molar-refractivity contribution in [3.8, 4) is 0 Å². The minimum absolute atomic E-state index is 0.0349. The largest absolute Gasteiger partial charge is 0.376 e. The Morgan fingerprint density at radius 3 is 2.78 bits per heavy atom. The van der Waals surface area contributed by atoms with Crippen LogP contribution >= 0.6 is 11.6 Å². The minimum atomic E-state index is -0.0349. The number of hydrogen-bond donors (Lipinski definition) is 2. The average molecular weight is 268 g/mol. The van der Waals surface area contributed by atoms with Crippen molar-refractivity contribution in [3.63, 3.8) is 0 Å². The predicted octanol–water partition coefficient (Wildman–Crippen LogP) is 2.10. The molecule has 0 bridgehead atoms. The molecular weight excluding hydrogens is 250 g/mol. The van der Waals surface area contributed by atoms with Gasteiger partial charge in [-0.3, -0.25) is 4.79 Å². The van der Waals surface area contributed by atoms with Gasteiger partial charge >= 0.3 is 0 Å². The van der Waals surface area contributed by atoms with Crippen molar-refractivity contribution in [1.29, 1.82) is 0 Å². The van der Waals surface area contributed by atoms with Gasteiger partial charge in [0.15, 0.2) is 0 Å². The molecule has 1 fully saturated rings. The minimum Gasteiger partial charge on any atom is -0.376 e. The fourth-order valence-corrected chi connectivity index (χ4v) is 1.89. The maximum Gasteiger partial charge on any atom is 0.238 e. The summed E-state index contributed by atoms with van der Waals surface area (Å²) >= 11 is 5.96. The smallest absolute Gasteiger partial charge is 0.238 e. The van der Waals surface area contributed by atoms with Crippen LogP contribution in [-0.4, -0.2) is 32.6 Å². The van der Waals surface area contributed by atoms with Gasteiger partial charge in [-0.15, -0.1) is 0 Å². The molecule has 18 heavy (non-hydrogen) atoms. The van der Waals surface area contributed by atoms with Crippen LogP contribution in [0.25, 0.3) is 0 Å². The molecule has 5 heteroatoms. The summed E-state index contributed by atoms with van der Waals surface area (Å²) in [7, 11) is 3.86. The summed E-state index contributed by atoms with van der Waals surface area (Å²) in [5.74, 6) is -0.0349. The van der Waals surface area contributed by atoms with E-state index in [4.69, 9.17) is 11.6 Å². The molecule has 98 valence electrons. The molecule has 1 aromatic rings. The Balaban J connectivity index is 2.01. The number of benzene rings is 1. The third-order valence-corrected chi connectivity index (χ3v) is 3.08. The van der Waals surface area contributed by atoms with E-state index in [1.54, 1.807) is 6.07 Å². The molecule has 0 aromatic heterocycles. The van der Waals surface area contributed by atoms with Crippen LogP contribution in [0.3, 0.4) is 0 Å². The lowest BCUT2D eigenvalue weighted by Crippen LogP contribution is -2.30. The summed E-state index contributed by atoms with van der Waals surface area (Å²) in [6.07, 6.45) is 2.35. The van der Waals surface area contributed by atoms with E-state index < -0.39 is 0 Å². The number of carbonyl (C=O) groups excluding carboxylic acids is 1. The second-order valence-electron chi connectivity index (χ2n) is 4.76. The van der Waals surface area contributed by atoms with Crippen molar-refractivity contribution >= 4 is 28.9 Å². The lowest BCUT2D eigenvalue weighted by atomic mass is 10.2. The number of anilines is 2. The zero-order valence-corrected chi connectivity index (χ0v) is 11.4. The molecule has 0 saturated heterocycles. The van der Waals surface area contributed by atoms with E-state index in [1.165, 1.54) is 12.8 Å². The molecule has 0 spiro atoms. The summed E-state index contributed by atoms with van der Waals surface area (Å²) in [5, 5.41) is 6.69. The van der Waals surface area contributed by atoms with Crippen LogP contribution in [0.15, 0.2) is 18.2 Å². The fourth-order valence-electron chi connectivity index (χ4n) is 1.72. The van der Waals surface area contributed by atoms with Crippen LogP contribution in [0.1, 0.15) is 12.8 Å². The third kappa shape index (κ3) is 3.62. The number of nitrogens with zero attached hydrogens (tertiary/aromatic N) is 1. The van der Waals surface area contributed by atoms with Crippen LogP contribution in [0.2, 0.25) is 5.02 Å². The van der Waals surface area contributed by atoms with Crippen molar-refractivity contribution in [3.05, 3.63) is 23.2 Å². The van der Waals surface area contributed by atoms with Crippen LogP contribution in [0, 0.1) is 0 Å². The summed E-state index contributed by atoms with van der Waals surface area (Å²) in [6, 6.07) is 6.01. The molecule has 1 aromatic carbocycles. The zero-order chi connectivity index (χ0) is 13.1. The molecule has 0 aliphatic heterocycles. The number of hydrogen-bond acceptors (Lipinski definition) is 3. The van der Waals surface area contributed by atoms with Gasteiger partial charge in [-0.25, -0.2) is 0 Å². The van der Waals surface area contributed by atoms with Crippen LogP contribution in [-0.2, 0) is 4.79 Å². The van der Waals surface area contributed by atoms with Gasteiger partial charge < -0.3 is 15.5 Å². The normalized spacial score (nSPS) is 14.4. The number of halogens is 1. The van der Waals surface area contributed by atoms with Crippen molar-refractivity contribution in [2.24, 2.45) is 0 Å². The van der Waals surface area contributed by atoms with Gasteiger partial charge in [0, 0.05) is 25.2 Å². The van der Waals surface area contributed by atoms with E-state index in [9.17, 15) is 4.79 Å². The van der Waals surface area contributed by atoms with E-state index in [0.717, 1.165) is 11.4 Å². The maximum atomic E-state index is 11.8. The SMILES string of the molecule is CN(C)c1ccc(Cl)cc1NC(=O)CNC1CC1. The second-order valence-corrected chi connectivity index (χ2v) is 5.20. The van der Waals surface area contributed by atoms with Gasteiger partial charge in [-0.2, -0.15) is 0 Å². The molecule has 1 saturated carbocycles. The lowest BCUT2D eigenvalue weighted by Gasteiger charge is -2.18. The molecular formula is C13H18ClN3O. The van der Waals surface area contributed by atoms with Crippen molar-refractivity contribution in [2.45, 2.75) is 18.9 Å². The summed E-state index contributed by atoms with van der Waals surface area (Å²) in [4.78, 5) is 13.7. The van der Waals surface area contributed by atoms with E-state index in [1.807, 2.05) is 31.1 Å². The Bertz CT molecular complexity index is 444. The van der Waals surface area contributed by atoms with Crippen LogP contribution < -0.4 is 15.5 Å². The Labute approximate surface area is 112 Å². The first kappa shape index (κ1) is 13.2. The van der Waals surface area contributed by atoms with Gasteiger partial charge in [-0.1, -0.05) is 11.6 Å². The van der Waals surface area contributed by atoms with E-state index in [2.05, 4.69) is 10.6 Å². The Hall–Kier alpha value is -1.26. The maximum absolute atomic E-state index is 11.8. The summed E-state index contributed by atoms with van der Waals surface area (Å²) < 4.78 is 0. The third-order valence-electron chi connectivity index (χ3n) is 2.84. The van der Waals surface area contributed by atoms with E-state index >= 15 is 0 Å². The molecule has 0 heterocycles. The van der Waals surface area contributed by atoms with Gasteiger partial charge in [-0.05, 0) is 31.0 Å². The van der Waals surface area contributed by atoms with Crippen LogP contribution in [0.5, 0.6) is 0 Å². The molecule has 2 rings (SSSR count). The molecule has 2 N–H and O–H groups in total. The Kier molecular flexibility index (Phi) is 4.09. The van der Waals surface area contributed by atoms with Crippen molar-refractivity contribution < 1.29 is 4.79 Å². The molecule has 1 aliphatic carbocycles. The molecule has 0 radical (unpaired) electrons. The molecule has 1 amide bonds. The first-order valence-electron chi connectivity index (χ1n) is 6.06. The highest BCUT2D eigenvalue weighted by Gasteiger charge is 2.21. The van der Waals surface area contributed by atoms with Crippen molar-refractivity contribution in [2.75, 3.05) is 30.9 Å². The Morgan fingerprint density at radius 2 is 2.17 bits per heavy atom. The molecule has 0 unspecified atom stereocenters.